The van der Waals surface area contributed by atoms with Crippen molar-refractivity contribution in [1.82, 2.24) is 15.0 Å². The van der Waals surface area contributed by atoms with Crippen molar-refractivity contribution in [3.8, 4) is 89.8 Å². The molecule has 0 N–H and O–H groups in total. The van der Waals surface area contributed by atoms with Gasteiger partial charge in [-0.05, 0) is 94.0 Å². The minimum absolute atomic E-state index is 0.0920. The van der Waals surface area contributed by atoms with Crippen LogP contribution in [0.3, 0.4) is 0 Å². The van der Waals surface area contributed by atoms with Gasteiger partial charge in [-0.15, -0.1) is 0 Å². The molecule has 13 rings (SSSR count). The molecule has 2 aliphatic heterocycles. The predicted molar refractivity (Wildman–Crippen MR) is 280 cm³/mol. The quantitative estimate of drug-likeness (QED) is 0.167. The van der Waals surface area contributed by atoms with Crippen LogP contribution < -0.4 is 9.80 Å². The number of rotatable bonds is 6. The lowest BCUT2D eigenvalue weighted by atomic mass is 9.90. The average molecular weight is 873 g/mol. The van der Waals surface area contributed by atoms with Gasteiger partial charge in [0.05, 0.1) is 29.6 Å². The van der Waals surface area contributed by atoms with E-state index in [1.165, 1.54) is 0 Å². The topological polar surface area (TPSA) is 45.2 Å². The molecule has 0 saturated carbocycles. The van der Waals surface area contributed by atoms with Crippen molar-refractivity contribution in [2.75, 3.05) is 9.80 Å². The summed E-state index contributed by atoms with van der Waals surface area (Å²) in [6.07, 6.45) is 0. The van der Waals surface area contributed by atoms with E-state index < -0.39 is 6.04 Å². The third-order valence-electron chi connectivity index (χ3n) is 12.9. The maximum Gasteiger partial charge on any atom is 0.164 e. The Labute approximate surface area is 402 Å². The molecule has 1 aromatic heterocycles. The summed E-state index contributed by atoms with van der Waals surface area (Å²) < 4.78 is 44.1. The number of nitrogens with zero attached hydrogens (tertiary/aromatic N) is 5. The number of hydrogen-bond donors (Lipinski definition) is 0. The number of benzene rings is 10. The standard InChI is InChI=1S/C63H41N5/c1-4-19-42(20-5-1)61-64-62(43-21-6-2-7-22-43)66-63(65-61)46-23-18-26-48(39-46)68-58-34-17-15-32-54(58)50-28-11-13-30-52(50)56-41-45(36-38-60(56)68)44-35-37-59-55(40-44)51-29-12-10-27-49(51)53-31-14-16-33-57(53)67(59)47-24-8-3-9-25-47/h1-41H/i3D,8D,9D,24D,25D. The molecule has 68 heavy (non-hydrogen) atoms. The second-order valence-corrected chi connectivity index (χ2v) is 16.8. The molecule has 3 heterocycles. The molecule has 2 aliphatic rings. The average Bonchev–Trinajstić information content (AvgIpc) is 3.66. The van der Waals surface area contributed by atoms with Crippen LogP contribution in [-0.2, 0) is 0 Å². The van der Waals surface area contributed by atoms with Crippen molar-refractivity contribution in [2.45, 2.75) is 0 Å². The highest BCUT2D eigenvalue weighted by Crippen LogP contribution is 2.54. The monoisotopic (exact) mass is 872 g/mol. The van der Waals surface area contributed by atoms with Crippen molar-refractivity contribution in [3.05, 3.63) is 249 Å². The fourth-order valence-electron chi connectivity index (χ4n) is 9.81. The van der Waals surface area contributed by atoms with Gasteiger partial charge in [0.1, 0.15) is 0 Å². The third kappa shape index (κ3) is 6.68. The van der Waals surface area contributed by atoms with E-state index in [-0.39, 0.29) is 29.9 Å². The first-order valence-corrected chi connectivity index (χ1v) is 22.6. The van der Waals surface area contributed by atoms with Crippen LogP contribution in [-0.4, -0.2) is 15.0 Å². The van der Waals surface area contributed by atoms with Gasteiger partial charge in [-0.25, -0.2) is 15.0 Å². The fraction of sp³-hybridized carbons (Fsp3) is 0. The zero-order valence-corrected chi connectivity index (χ0v) is 36.5. The molecule has 0 aliphatic carbocycles. The van der Waals surface area contributed by atoms with E-state index in [0.29, 0.717) is 28.8 Å². The number of aromatic nitrogens is 3. The summed E-state index contributed by atoms with van der Waals surface area (Å²) in [4.78, 5) is 19.3. The highest BCUT2D eigenvalue weighted by Gasteiger charge is 2.29. The first-order valence-electron chi connectivity index (χ1n) is 25.1. The number of para-hydroxylation sites is 3. The third-order valence-corrected chi connectivity index (χ3v) is 12.9. The van der Waals surface area contributed by atoms with Gasteiger partial charge < -0.3 is 9.80 Å². The molecule has 0 atom stereocenters. The highest BCUT2D eigenvalue weighted by atomic mass is 15.2. The van der Waals surface area contributed by atoms with Crippen molar-refractivity contribution in [1.29, 1.82) is 0 Å². The number of hydrogen-bond acceptors (Lipinski definition) is 5. The maximum absolute atomic E-state index is 9.17. The van der Waals surface area contributed by atoms with E-state index in [2.05, 4.69) is 120 Å². The van der Waals surface area contributed by atoms with Crippen LogP contribution in [0, 0.1) is 0 Å². The maximum atomic E-state index is 9.17. The smallest absolute Gasteiger partial charge is 0.164 e. The van der Waals surface area contributed by atoms with Gasteiger partial charge in [0.15, 0.2) is 17.5 Å². The largest absolute Gasteiger partial charge is 0.309 e. The number of fused-ring (bicyclic) bond motifs is 10. The summed E-state index contributed by atoms with van der Waals surface area (Å²) in [6, 6.07) is 72.8. The zero-order chi connectivity index (χ0) is 49.3. The van der Waals surface area contributed by atoms with Gasteiger partial charge in [0.2, 0.25) is 0 Å². The minimum atomic E-state index is -0.433. The molecular weight excluding hydrogens is 827 g/mol. The molecule has 318 valence electrons. The van der Waals surface area contributed by atoms with Crippen LogP contribution in [0.15, 0.2) is 249 Å². The van der Waals surface area contributed by atoms with Crippen LogP contribution in [0.1, 0.15) is 6.85 Å². The SMILES string of the molecule is [2H]c1c([2H])c([2H])c(N2c3ccccc3-c3ccccc3-c3cc(-c4ccc5c(c4)-c4ccccc4-c4ccccc4N5c4cccc(-c5nc(-c6ccccc6)nc(-c6ccccc6)n5)c4)ccc32)c([2H])c1[2H]. The lowest BCUT2D eigenvalue weighted by Crippen LogP contribution is -2.11. The predicted octanol–water partition coefficient (Wildman–Crippen LogP) is 16.8. The second-order valence-electron chi connectivity index (χ2n) is 16.8. The Morgan fingerprint density at radius 1 is 0.265 bits per heavy atom. The van der Waals surface area contributed by atoms with E-state index in [0.717, 1.165) is 89.4 Å². The van der Waals surface area contributed by atoms with Crippen molar-refractivity contribution >= 4 is 34.1 Å². The summed E-state index contributed by atoms with van der Waals surface area (Å²) in [6.45, 7) is 0. The van der Waals surface area contributed by atoms with Crippen LogP contribution in [0.25, 0.3) is 89.8 Å². The first-order chi connectivity index (χ1) is 35.8. The molecule has 0 saturated heterocycles. The summed E-state index contributed by atoms with van der Waals surface area (Å²) in [5, 5.41) is 0. The molecule has 0 spiro atoms. The van der Waals surface area contributed by atoms with Crippen LogP contribution in [0.5, 0.6) is 0 Å². The molecule has 0 bridgehead atoms. The van der Waals surface area contributed by atoms with Crippen LogP contribution in [0.2, 0.25) is 0 Å². The van der Waals surface area contributed by atoms with E-state index in [1.807, 2.05) is 108 Å². The fourth-order valence-corrected chi connectivity index (χ4v) is 9.81. The summed E-state index contributed by atoms with van der Waals surface area (Å²) in [7, 11) is 0. The van der Waals surface area contributed by atoms with E-state index in [1.54, 1.807) is 0 Å². The van der Waals surface area contributed by atoms with Crippen LogP contribution in [0.4, 0.5) is 34.1 Å². The Morgan fingerprint density at radius 2 is 0.647 bits per heavy atom. The molecule has 0 amide bonds. The minimum Gasteiger partial charge on any atom is -0.309 e. The molecule has 0 radical (unpaired) electrons. The Balaban J connectivity index is 0.991. The molecule has 5 nitrogen and oxygen atoms in total. The van der Waals surface area contributed by atoms with Gasteiger partial charge in [-0.2, -0.15) is 0 Å². The van der Waals surface area contributed by atoms with Gasteiger partial charge >= 0.3 is 0 Å². The van der Waals surface area contributed by atoms with Crippen molar-refractivity contribution < 1.29 is 6.85 Å². The van der Waals surface area contributed by atoms with Gasteiger partial charge in [0, 0.05) is 50.3 Å². The van der Waals surface area contributed by atoms with E-state index in [4.69, 9.17) is 21.8 Å². The summed E-state index contributed by atoms with van der Waals surface area (Å²) in [5.74, 6) is 1.75. The lowest BCUT2D eigenvalue weighted by molar-refractivity contribution is 1.07. The first kappa shape index (κ1) is 34.2. The Hall–Kier alpha value is -9.19. The van der Waals surface area contributed by atoms with Crippen molar-refractivity contribution in [3.63, 3.8) is 0 Å². The molecule has 10 aromatic carbocycles. The van der Waals surface area contributed by atoms with Crippen LogP contribution >= 0.6 is 0 Å². The molecule has 11 aromatic rings. The highest BCUT2D eigenvalue weighted by molar-refractivity contribution is 6.05. The molecular formula is C63H41N5. The van der Waals surface area contributed by atoms with E-state index in [9.17, 15) is 0 Å². The summed E-state index contributed by atoms with van der Waals surface area (Å²) >= 11 is 0. The Morgan fingerprint density at radius 3 is 1.15 bits per heavy atom. The van der Waals surface area contributed by atoms with E-state index >= 15 is 0 Å². The Bertz CT molecular complexity index is 3930. The van der Waals surface area contributed by atoms with Crippen molar-refractivity contribution in [2.24, 2.45) is 0 Å². The summed E-state index contributed by atoms with van der Waals surface area (Å²) in [5.41, 5.74) is 17.1. The molecule has 0 fully saturated rings. The van der Waals surface area contributed by atoms with Gasteiger partial charge in [0.25, 0.3) is 0 Å². The van der Waals surface area contributed by atoms with Gasteiger partial charge in [-0.3, -0.25) is 0 Å². The van der Waals surface area contributed by atoms with Gasteiger partial charge in [-0.1, -0.05) is 188 Å². The Kier molecular flexibility index (Phi) is 8.22. The second kappa shape index (κ2) is 16.4. The normalized spacial score (nSPS) is 13.1. The molecule has 0 unspecified atom stereocenters. The zero-order valence-electron chi connectivity index (χ0n) is 41.5. The number of anilines is 6. The molecule has 5 heteroatoms. The lowest BCUT2D eigenvalue weighted by Gasteiger charge is -2.28.